The van der Waals surface area contributed by atoms with Gasteiger partial charge in [-0.25, -0.2) is 9.97 Å². The Morgan fingerprint density at radius 2 is 2.14 bits per heavy atom. The van der Waals surface area contributed by atoms with Crippen molar-refractivity contribution in [1.82, 2.24) is 15.0 Å². The highest BCUT2D eigenvalue weighted by Crippen LogP contribution is 2.26. The molecule has 2 heterocycles. The number of aliphatic carboxylic acids is 1. The number of H-pyrrole nitrogens is 1. The van der Waals surface area contributed by atoms with Crippen LogP contribution in [-0.2, 0) is 11.2 Å². The first-order chi connectivity index (χ1) is 10.5. The highest BCUT2D eigenvalue weighted by molar-refractivity contribution is 7.22. The zero-order valence-electron chi connectivity index (χ0n) is 11.6. The summed E-state index contributed by atoms with van der Waals surface area (Å²) in [7, 11) is 0. The predicted octanol–water partition coefficient (Wildman–Crippen LogP) is 2.06. The Hall–Kier alpha value is -2.74. The van der Waals surface area contributed by atoms with Gasteiger partial charge in [0.15, 0.2) is 5.13 Å². The molecule has 0 aliphatic rings. The summed E-state index contributed by atoms with van der Waals surface area (Å²) in [5, 5.41) is 12.4. The number of hydrogen-bond acceptors (Lipinski definition) is 6. The summed E-state index contributed by atoms with van der Waals surface area (Å²) in [6.07, 6.45) is -0.352. The number of carboxylic acid groups (broad SMARTS) is 1. The zero-order valence-corrected chi connectivity index (χ0v) is 12.4. The van der Waals surface area contributed by atoms with Crippen LogP contribution in [0.4, 0.5) is 11.1 Å². The van der Waals surface area contributed by atoms with Crippen LogP contribution < -0.4 is 10.9 Å². The fraction of sp³-hybridized carbons (Fsp3) is 0.143. The molecule has 0 saturated carbocycles. The normalized spacial score (nSPS) is 10.8. The fourth-order valence-corrected chi connectivity index (χ4v) is 2.92. The molecule has 0 atom stereocenters. The van der Waals surface area contributed by atoms with Gasteiger partial charge in [-0.1, -0.05) is 23.5 Å². The SMILES string of the molecule is Cc1nc(Nc2nc3ccccc3s2)[nH]c(=O)c1CC(=O)O. The lowest BCUT2D eigenvalue weighted by atomic mass is 10.2. The van der Waals surface area contributed by atoms with Gasteiger partial charge in [0.2, 0.25) is 5.95 Å². The number of rotatable bonds is 4. The Bertz CT molecular complexity index is 883. The lowest BCUT2D eigenvalue weighted by Crippen LogP contribution is -2.20. The molecule has 22 heavy (non-hydrogen) atoms. The third-order valence-corrected chi connectivity index (χ3v) is 4.02. The van der Waals surface area contributed by atoms with E-state index in [2.05, 4.69) is 20.3 Å². The highest BCUT2D eigenvalue weighted by Gasteiger charge is 2.12. The summed E-state index contributed by atoms with van der Waals surface area (Å²) < 4.78 is 1.02. The van der Waals surface area contributed by atoms with Crippen molar-refractivity contribution in [2.45, 2.75) is 13.3 Å². The molecule has 2 aromatic heterocycles. The number of hydrogen-bond donors (Lipinski definition) is 3. The molecule has 0 radical (unpaired) electrons. The molecule has 0 bridgehead atoms. The van der Waals surface area contributed by atoms with E-state index < -0.39 is 11.5 Å². The average Bonchev–Trinajstić information content (AvgIpc) is 2.84. The molecule has 0 amide bonds. The number of carboxylic acids is 1. The number of para-hydroxylation sites is 1. The van der Waals surface area contributed by atoms with Gasteiger partial charge < -0.3 is 10.4 Å². The first kappa shape index (κ1) is 14.2. The number of fused-ring (bicyclic) bond motifs is 1. The number of anilines is 2. The molecule has 0 fully saturated rings. The van der Waals surface area contributed by atoms with Crippen LogP contribution in [0.2, 0.25) is 0 Å². The summed E-state index contributed by atoms with van der Waals surface area (Å²) in [5.41, 5.74) is 0.937. The second-order valence-electron chi connectivity index (χ2n) is 4.66. The van der Waals surface area contributed by atoms with Gasteiger partial charge in [-0.3, -0.25) is 14.6 Å². The zero-order chi connectivity index (χ0) is 15.7. The molecule has 8 heteroatoms. The second kappa shape index (κ2) is 5.57. The van der Waals surface area contributed by atoms with E-state index in [-0.39, 0.29) is 17.9 Å². The molecule has 0 aliphatic heterocycles. The van der Waals surface area contributed by atoms with Crippen LogP contribution in [0, 0.1) is 6.92 Å². The number of nitrogens with zero attached hydrogens (tertiary/aromatic N) is 2. The van der Waals surface area contributed by atoms with Crippen molar-refractivity contribution in [3.8, 4) is 0 Å². The van der Waals surface area contributed by atoms with E-state index in [0.29, 0.717) is 10.8 Å². The first-order valence-electron chi connectivity index (χ1n) is 6.47. The summed E-state index contributed by atoms with van der Waals surface area (Å²) in [6.45, 7) is 1.61. The number of nitrogens with one attached hydrogen (secondary N) is 2. The molecule has 3 aromatic rings. The summed E-state index contributed by atoms with van der Waals surface area (Å²) >= 11 is 1.44. The Balaban J connectivity index is 1.92. The minimum atomic E-state index is -1.07. The largest absolute Gasteiger partial charge is 0.481 e. The van der Waals surface area contributed by atoms with E-state index in [1.165, 1.54) is 11.3 Å². The van der Waals surface area contributed by atoms with Gasteiger partial charge >= 0.3 is 5.97 Å². The monoisotopic (exact) mass is 316 g/mol. The van der Waals surface area contributed by atoms with Gasteiger partial charge in [-0.05, 0) is 19.1 Å². The number of aryl methyl sites for hydroxylation is 1. The summed E-state index contributed by atoms with van der Waals surface area (Å²) in [4.78, 5) is 33.8. The Morgan fingerprint density at radius 1 is 1.36 bits per heavy atom. The van der Waals surface area contributed by atoms with Crippen molar-refractivity contribution in [3.63, 3.8) is 0 Å². The van der Waals surface area contributed by atoms with Gasteiger partial charge in [-0.2, -0.15) is 0 Å². The molecule has 1 aromatic carbocycles. The number of carbonyl (C=O) groups is 1. The van der Waals surface area contributed by atoms with Gasteiger partial charge in [0.1, 0.15) is 0 Å². The number of thiazole rings is 1. The van der Waals surface area contributed by atoms with E-state index in [1.807, 2.05) is 24.3 Å². The number of benzene rings is 1. The molecule has 0 saturated heterocycles. The third kappa shape index (κ3) is 2.82. The smallest absolute Gasteiger partial charge is 0.308 e. The molecule has 0 spiro atoms. The average molecular weight is 316 g/mol. The minimum absolute atomic E-state index is 0.155. The van der Waals surface area contributed by atoms with Gasteiger partial charge in [0.25, 0.3) is 5.56 Å². The number of aromatic nitrogens is 3. The second-order valence-corrected chi connectivity index (χ2v) is 5.69. The van der Waals surface area contributed by atoms with Gasteiger partial charge in [-0.15, -0.1) is 0 Å². The van der Waals surface area contributed by atoms with Crippen molar-refractivity contribution in [1.29, 1.82) is 0 Å². The van der Waals surface area contributed by atoms with Gasteiger partial charge in [0.05, 0.1) is 22.3 Å². The molecular weight excluding hydrogens is 304 g/mol. The number of aromatic amines is 1. The predicted molar refractivity (Wildman–Crippen MR) is 83.8 cm³/mol. The van der Waals surface area contributed by atoms with Crippen LogP contribution in [0.15, 0.2) is 29.1 Å². The van der Waals surface area contributed by atoms with E-state index in [9.17, 15) is 9.59 Å². The van der Waals surface area contributed by atoms with Crippen molar-refractivity contribution in [3.05, 3.63) is 45.9 Å². The summed E-state index contributed by atoms with van der Waals surface area (Å²) in [6, 6.07) is 7.68. The maximum Gasteiger partial charge on any atom is 0.308 e. The third-order valence-electron chi connectivity index (χ3n) is 3.07. The van der Waals surface area contributed by atoms with Crippen LogP contribution >= 0.6 is 11.3 Å². The molecule has 112 valence electrons. The minimum Gasteiger partial charge on any atom is -0.481 e. The van der Waals surface area contributed by atoms with Crippen LogP contribution in [-0.4, -0.2) is 26.0 Å². The quantitative estimate of drug-likeness (QED) is 0.680. The van der Waals surface area contributed by atoms with E-state index in [4.69, 9.17) is 5.11 Å². The van der Waals surface area contributed by atoms with Crippen molar-refractivity contribution >= 4 is 38.6 Å². The molecule has 7 nitrogen and oxygen atoms in total. The van der Waals surface area contributed by atoms with Crippen LogP contribution in [0.25, 0.3) is 10.2 Å². The van der Waals surface area contributed by atoms with Crippen LogP contribution in [0.3, 0.4) is 0 Å². The van der Waals surface area contributed by atoms with Crippen LogP contribution in [0.5, 0.6) is 0 Å². The molecule has 0 aliphatic carbocycles. The maximum absolute atomic E-state index is 11.9. The molecule has 0 unspecified atom stereocenters. The molecule has 3 N–H and O–H groups in total. The Labute approximate surface area is 128 Å². The van der Waals surface area contributed by atoms with E-state index >= 15 is 0 Å². The first-order valence-corrected chi connectivity index (χ1v) is 7.29. The van der Waals surface area contributed by atoms with Crippen molar-refractivity contribution in [2.24, 2.45) is 0 Å². The topological polar surface area (TPSA) is 108 Å². The maximum atomic E-state index is 11.9. The van der Waals surface area contributed by atoms with Crippen molar-refractivity contribution < 1.29 is 9.90 Å². The van der Waals surface area contributed by atoms with E-state index in [0.717, 1.165) is 10.2 Å². The molecule has 3 rings (SSSR count). The lowest BCUT2D eigenvalue weighted by molar-refractivity contribution is -0.136. The lowest BCUT2D eigenvalue weighted by Gasteiger charge is -2.05. The van der Waals surface area contributed by atoms with E-state index in [1.54, 1.807) is 6.92 Å². The van der Waals surface area contributed by atoms with Gasteiger partial charge in [0, 0.05) is 5.56 Å². The standard InChI is InChI=1S/C14H12N4O3S/c1-7-8(6-11(19)20)12(21)17-13(15-7)18-14-16-9-4-2-3-5-10(9)22-14/h2-5H,6H2,1H3,(H,19,20)(H2,15,16,17,18,21). The van der Waals surface area contributed by atoms with Crippen LogP contribution in [0.1, 0.15) is 11.3 Å². The highest BCUT2D eigenvalue weighted by atomic mass is 32.1. The van der Waals surface area contributed by atoms with Crippen molar-refractivity contribution in [2.75, 3.05) is 5.32 Å². The Kier molecular flexibility index (Phi) is 3.60. The Morgan fingerprint density at radius 3 is 2.82 bits per heavy atom. The molecular formula is C14H12N4O3S. The summed E-state index contributed by atoms with van der Waals surface area (Å²) in [5.74, 6) is -0.821. The fourth-order valence-electron chi connectivity index (χ4n) is 2.06.